The lowest BCUT2D eigenvalue weighted by Gasteiger charge is -2.05. The first kappa shape index (κ1) is 15.6. The number of rotatable bonds is 4. The summed E-state index contributed by atoms with van der Waals surface area (Å²) in [5.41, 5.74) is 7.90. The van der Waals surface area contributed by atoms with Crippen LogP contribution in [0.4, 0.5) is 5.69 Å². The number of carbonyl (C=O) groups is 2. The zero-order valence-electron chi connectivity index (χ0n) is 13.6. The van der Waals surface area contributed by atoms with Gasteiger partial charge in [0.25, 0.3) is 11.8 Å². The molecule has 0 unspecified atom stereocenters. The molecule has 0 saturated carbocycles. The summed E-state index contributed by atoms with van der Waals surface area (Å²) in [5, 5.41) is 7.98. The molecule has 4 rings (SSSR count). The van der Waals surface area contributed by atoms with Crippen LogP contribution in [0.15, 0.2) is 66.9 Å². The summed E-state index contributed by atoms with van der Waals surface area (Å²) in [7, 11) is 0. The van der Waals surface area contributed by atoms with Crippen molar-refractivity contribution in [3.63, 3.8) is 0 Å². The van der Waals surface area contributed by atoms with Crippen molar-refractivity contribution in [1.82, 2.24) is 14.8 Å². The predicted molar refractivity (Wildman–Crippen MR) is 98.3 cm³/mol. The summed E-state index contributed by atoms with van der Waals surface area (Å²) >= 11 is 0. The number of aromatic nitrogens is 3. The van der Waals surface area contributed by atoms with Crippen LogP contribution in [0.2, 0.25) is 0 Å². The molecule has 0 atom stereocenters. The largest absolute Gasteiger partial charge is 0.364 e. The molecule has 2 aromatic heterocycles. The minimum Gasteiger partial charge on any atom is -0.364 e. The summed E-state index contributed by atoms with van der Waals surface area (Å²) < 4.78 is 1.37. The number of hydrogen-bond donors (Lipinski definition) is 3. The monoisotopic (exact) mass is 345 g/mol. The summed E-state index contributed by atoms with van der Waals surface area (Å²) in [6, 6.07) is 17.9. The highest BCUT2D eigenvalue weighted by Gasteiger charge is 2.19. The Balaban J connectivity index is 1.70. The Hall–Kier alpha value is -3.87. The summed E-state index contributed by atoms with van der Waals surface area (Å²) in [5.74, 6) is -1.08. The molecule has 0 aliphatic carbocycles. The van der Waals surface area contributed by atoms with Gasteiger partial charge in [0.15, 0.2) is 5.69 Å². The number of nitrogens with one attached hydrogen (secondary N) is 2. The first-order valence-electron chi connectivity index (χ1n) is 7.96. The van der Waals surface area contributed by atoms with E-state index in [1.807, 2.05) is 36.4 Å². The van der Waals surface area contributed by atoms with Gasteiger partial charge in [0, 0.05) is 23.2 Å². The third kappa shape index (κ3) is 2.71. The van der Waals surface area contributed by atoms with E-state index in [4.69, 9.17) is 5.73 Å². The molecule has 0 radical (unpaired) electrons. The smallest absolute Gasteiger partial charge is 0.276 e. The minimum absolute atomic E-state index is 0.107. The molecule has 0 bridgehead atoms. The third-order valence-electron chi connectivity index (χ3n) is 4.04. The number of anilines is 1. The standard InChI is InChI=1S/C19H15N5O2/c20-18(25)17-11-16(23-24(17)12-5-2-1-3-6-12)19(26)22-15-8-4-7-14-13(15)9-10-21-14/h1-11,21H,(H2,20,25)(H,22,26). The molecule has 0 saturated heterocycles. The zero-order valence-corrected chi connectivity index (χ0v) is 13.6. The second kappa shape index (κ2) is 6.21. The Bertz CT molecular complexity index is 1110. The van der Waals surface area contributed by atoms with Crippen LogP contribution in [0, 0.1) is 0 Å². The van der Waals surface area contributed by atoms with E-state index in [1.165, 1.54) is 10.7 Å². The Morgan fingerprint density at radius 2 is 1.85 bits per heavy atom. The maximum absolute atomic E-state index is 12.6. The molecule has 7 nitrogen and oxygen atoms in total. The maximum Gasteiger partial charge on any atom is 0.276 e. The number of amides is 2. The number of carbonyl (C=O) groups excluding carboxylic acids is 2. The van der Waals surface area contributed by atoms with Gasteiger partial charge in [-0.15, -0.1) is 0 Å². The molecule has 0 fully saturated rings. The van der Waals surface area contributed by atoms with E-state index in [-0.39, 0.29) is 11.4 Å². The van der Waals surface area contributed by atoms with Crippen LogP contribution in [-0.2, 0) is 0 Å². The Kier molecular flexibility index (Phi) is 3.74. The fourth-order valence-corrected chi connectivity index (χ4v) is 2.81. The van der Waals surface area contributed by atoms with Gasteiger partial charge < -0.3 is 16.0 Å². The van der Waals surface area contributed by atoms with Crippen molar-refractivity contribution in [2.24, 2.45) is 5.73 Å². The summed E-state index contributed by atoms with van der Waals surface area (Å²) in [6.45, 7) is 0. The molecule has 4 N–H and O–H groups in total. The van der Waals surface area contributed by atoms with Crippen LogP contribution in [0.5, 0.6) is 0 Å². The maximum atomic E-state index is 12.6. The zero-order chi connectivity index (χ0) is 18.1. The van der Waals surface area contributed by atoms with Gasteiger partial charge in [0.1, 0.15) is 5.69 Å². The van der Waals surface area contributed by atoms with Gasteiger partial charge in [-0.1, -0.05) is 24.3 Å². The van der Waals surface area contributed by atoms with Crippen LogP contribution in [0.1, 0.15) is 21.0 Å². The lowest BCUT2D eigenvalue weighted by atomic mass is 10.2. The van der Waals surface area contributed by atoms with Gasteiger partial charge in [0.05, 0.1) is 11.4 Å². The molecule has 4 aromatic rings. The Morgan fingerprint density at radius 3 is 2.62 bits per heavy atom. The van der Waals surface area contributed by atoms with Gasteiger partial charge in [-0.25, -0.2) is 4.68 Å². The molecule has 0 aliphatic heterocycles. The van der Waals surface area contributed by atoms with Crippen molar-refractivity contribution in [1.29, 1.82) is 0 Å². The lowest BCUT2D eigenvalue weighted by molar-refractivity contribution is 0.0991. The minimum atomic E-state index is -0.659. The molecular formula is C19H15N5O2. The second-order valence-corrected chi connectivity index (χ2v) is 5.73. The average molecular weight is 345 g/mol. The number of benzene rings is 2. The van der Waals surface area contributed by atoms with Crippen molar-refractivity contribution in [3.05, 3.63) is 78.2 Å². The molecule has 2 amide bonds. The molecule has 2 heterocycles. The predicted octanol–water partition coefficient (Wildman–Crippen LogP) is 2.70. The van der Waals surface area contributed by atoms with Gasteiger partial charge >= 0.3 is 0 Å². The van der Waals surface area contributed by atoms with Crippen molar-refractivity contribution < 1.29 is 9.59 Å². The SMILES string of the molecule is NC(=O)c1cc(C(=O)Nc2cccc3[nH]ccc23)nn1-c1ccccc1. The van der Waals surface area contributed by atoms with Crippen LogP contribution >= 0.6 is 0 Å². The van der Waals surface area contributed by atoms with Crippen LogP contribution in [-0.4, -0.2) is 26.6 Å². The van der Waals surface area contributed by atoms with Crippen molar-refractivity contribution in [2.45, 2.75) is 0 Å². The first-order chi connectivity index (χ1) is 12.6. The Labute approximate surface area is 148 Å². The van der Waals surface area contributed by atoms with Gasteiger partial charge in [-0.3, -0.25) is 9.59 Å². The highest BCUT2D eigenvalue weighted by molar-refractivity contribution is 6.08. The molecular weight excluding hydrogens is 330 g/mol. The van der Waals surface area contributed by atoms with Crippen LogP contribution in [0.3, 0.4) is 0 Å². The van der Waals surface area contributed by atoms with E-state index < -0.39 is 11.8 Å². The molecule has 128 valence electrons. The van der Waals surface area contributed by atoms with Crippen LogP contribution in [0.25, 0.3) is 16.6 Å². The molecule has 26 heavy (non-hydrogen) atoms. The van der Waals surface area contributed by atoms with Crippen molar-refractivity contribution in [2.75, 3.05) is 5.32 Å². The fourth-order valence-electron chi connectivity index (χ4n) is 2.81. The number of H-pyrrole nitrogens is 1. The number of aromatic amines is 1. The van der Waals surface area contributed by atoms with E-state index in [9.17, 15) is 9.59 Å². The highest BCUT2D eigenvalue weighted by atomic mass is 16.2. The quantitative estimate of drug-likeness (QED) is 0.529. The van der Waals surface area contributed by atoms with E-state index in [1.54, 1.807) is 24.4 Å². The topological polar surface area (TPSA) is 106 Å². The third-order valence-corrected chi connectivity index (χ3v) is 4.04. The number of fused-ring (bicyclic) bond motifs is 1. The van der Waals surface area contributed by atoms with E-state index >= 15 is 0 Å². The Morgan fingerprint density at radius 1 is 1.04 bits per heavy atom. The second-order valence-electron chi connectivity index (χ2n) is 5.73. The molecule has 2 aromatic carbocycles. The van der Waals surface area contributed by atoms with Crippen molar-refractivity contribution in [3.8, 4) is 5.69 Å². The number of nitrogens with zero attached hydrogens (tertiary/aromatic N) is 2. The fraction of sp³-hybridized carbons (Fsp3) is 0. The normalized spacial score (nSPS) is 10.8. The van der Waals surface area contributed by atoms with E-state index in [0.29, 0.717) is 11.4 Å². The molecule has 7 heteroatoms. The average Bonchev–Trinajstić information content (AvgIpc) is 3.30. The van der Waals surface area contributed by atoms with E-state index in [2.05, 4.69) is 15.4 Å². The molecule has 0 spiro atoms. The van der Waals surface area contributed by atoms with Gasteiger partial charge in [0.2, 0.25) is 0 Å². The number of hydrogen-bond acceptors (Lipinski definition) is 3. The number of nitrogens with two attached hydrogens (primary N) is 1. The van der Waals surface area contributed by atoms with Crippen LogP contribution < -0.4 is 11.1 Å². The van der Waals surface area contributed by atoms with Gasteiger partial charge in [-0.05, 0) is 30.3 Å². The summed E-state index contributed by atoms with van der Waals surface area (Å²) in [4.78, 5) is 27.5. The number of primary amides is 1. The van der Waals surface area contributed by atoms with Gasteiger partial charge in [-0.2, -0.15) is 5.10 Å². The van der Waals surface area contributed by atoms with E-state index in [0.717, 1.165) is 10.9 Å². The first-order valence-corrected chi connectivity index (χ1v) is 7.96. The molecule has 0 aliphatic rings. The highest BCUT2D eigenvalue weighted by Crippen LogP contribution is 2.23. The number of para-hydroxylation sites is 1. The summed E-state index contributed by atoms with van der Waals surface area (Å²) in [6.07, 6.45) is 1.80. The van der Waals surface area contributed by atoms with Crippen molar-refractivity contribution >= 4 is 28.4 Å². The lowest BCUT2D eigenvalue weighted by Crippen LogP contribution is -2.16.